The lowest BCUT2D eigenvalue weighted by Crippen LogP contribution is -2.47. The molecule has 5 nitrogen and oxygen atoms in total. The zero-order valence-electron chi connectivity index (χ0n) is 11.6. The lowest BCUT2D eigenvalue weighted by molar-refractivity contribution is -0.126. The van der Waals surface area contributed by atoms with Crippen LogP contribution in [-0.4, -0.2) is 55.2 Å². The number of hydrogen-bond donors (Lipinski definition) is 2. The van der Waals surface area contributed by atoms with Crippen LogP contribution in [0.5, 0.6) is 0 Å². The van der Waals surface area contributed by atoms with E-state index in [1.807, 2.05) is 18.7 Å². The van der Waals surface area contributed by atoms with E-state index in [0.29, 0.717) is 37.7 Å². The van der Waals surface area contributed by atoms with Crippen LogP contribution in [-0.2, 0) is 9.53 Å². The van der Waals surface area contributed by atoms with Crippen LogP contribution in [0.25, 0.3) is 0 Å². The highest BCUT2D eigenvalue weighted by atomic mass is 32.1. The fraction of sp³-hybridized carbons (Fsp3) is 0.833. The van der Waals surface area contributed by atoms with Gasteiger partial charge in [-0.25, -0.2) is 0 Å². The molecular formula is C12H25N3O2S. The van der Waals surface area contributed by atoms with E-state index in [1.54, 1.807) is 7.11 Å². The molecule has 0 rings (SSSR count). The van der Waals surface area contributed by atoms with Gasteiger partial charge < -0.3 is 15.8 Å². The Hall–Kier alpha value is -0.720. The first-order chi connectivity index (χ1) is 8.52. The van der Waals surface area contributed by atoms with Gasteiger partial charge in [0, 0.05) is 33.2 Å². The Bertz CT molecular complexity index is 262. The van der Waals surface area contributed by atoms with Gasteiger partial charge in [-0.15, -0.1) is 0 Å². The van der Waals surface area contributed by atoms with E-state index in [4.69, 9.17) is 22.7 Å². The van der Waals surface area contributed by atoms with Crippen LogP contribution < -0.4 is 11.1 Å². The molecule has 0 bridgehead atoms. The standard InChI is InChI=1S/C12H25N3O2S/c1-4-6-14-12(16)10(2)15(8-9-17-3)7-5-11(13)18/h10H,4-9H2,1-3H3,(H2,13,18)(H,14,16). The lowest BCUT2D eigenvalue weighted by atomic mass is 10.2. The Morgan fingerprint density at radius 2 is 2.17 bits per heavy atom. The predicted octanol–water partition coefficient (Wildman–Crippen LogP) is 0.526. The third kappa shape index (κ3) is 7.58. The first-order valence-corrected chi connectivity index (χ1v) is 6.72. The van der Waals surface area contributed by atoms with Crippen molar-refractivity contribution < 1.29 is 9.53 Å². The predicted molar refractivity (Wildman–Crippen MR) is 77.6 cm³/mol. The van der Waals surface area contributed by atoms with E-state index in [0.717, 1.165) is 6.42 Å². The summed E-state index contributed by atoms with van der Waals surface area (Å²) in [4.78, 5) is 14.4. The van der Waals surface area contributed by atoms with Crippen LogP contribution in [0.4, 0.5) is 0 Å². The quantitative estimate of drug-likeness (QED) is 0.569. The number of ether oxygens (including phenoxy) is 1. The molecule has 0 saturated heterocycles. The van der Waals surface area contributed by atoms with Crippen molar-refractivity contribution in [2.75, 3.05) is 33.4 Å². The molecule has 3 N–H and O–H groups in total. The molecule has 6 heteroatoms. The van der Waals surface area contributed by atoms with Gasteiger partial charge in [-0.3, -0.25) is 9.69 Å². The number of carbonyl (C=O) groups excluding carboxylic acids is 1. The number of carbonyl (C=O) groups is 1. The molecular weight excluding hydrogens is 250 g/mol. The van der Waals surface area contributed by atoms with Gasteiger partial charge in [-0.1, -0.05) is 19.1 Å². The maximum atomic E-state index is 11.9. The van der Waals surface area contributed by atoms with Crippen LogP contribution in [0.3, 0.4) is 0 Å². The number of hydrogen-bond acceptors (Lipinski definition) is 4. The summed E-state index contributed by atoms with van der Waals surface area (Å²) in [7, 11) is 1.65. The van der Waals surface area contributed by atoms with Crippen molar-refractivity contribution in [3.63, 3.8) is 0 Å². The molecule has 0 fully saturated rings. The van der Waals surface area contributed by atoms with Gasteiger partial charge in [0.1, 0.15) is 0 Å². The molecule has 0 radical (unpaired) electrons. The van der Waals surface area contributed by atoms with Gasteiger partial charge in [0.15, 0.2) is 0 Å². The summed E-state index contributed by atoms with van der Waals surface area (Å²) in [5, 5.41) is 2.89. The Morgan fingerprint density at radius 3 is 2.67 bits per heavy atom. The zero-order valence-corrected chi connectivity index (χ0v) is 12.4. The zero-order chi connectivity index (χ0) is 14.0. The first-order valence-electron chi connectivity index (χ1n) is 6.31. The lowest BCUT2D eigenvalue weighted by Gasteiger charge is -2.27. The molecule has 1 amide bonds. The number of rotatable bonds is 10. The summed E-state index contributed by atoms with van der Waals surface area (Å²) in [6, 6.07) is -0.193. The van der Waals surface area contributed by atoms with Gasteiger partial charge in [0.25, 0.3) is 0 Å². The molecule has 0 aromatic carbocycles. The van der Waals surface area contributed by atoms with Crippen molar-refractivity contribution in [1.29, 1.82) is 0 Å². The van der Waals surface area contributed by atoms with E-state index in [-0.39, 0.29) is 11.9 Å². The Kier molecular flexibility index (Phi) is 9.82. The number of nitrogens with two attached hydrogens (primary N) is 1. The van der Waals surface area contributed by atoms with Crippen molar-refractivity contribution >= 4 is 23.1 Å². The van der Waals surface area contributed by atoms with Crippen LogP contribution in [0.2, 0.25) is 0 Å². The minimum absolute atomic E-state index is 0.0379. The minimum atomic E-state index is -0.193. The fourth-order valence-electron chi connectivity index (χ4n) is 1.52. The number of methoxy groups -OCH3 is 1. The van der Waals surface area contributed by atoms with Gasteiger partial charge in [-0.05, 0) is 13.3 Å². The fourth-order valence-corrected chi connectivity index (χ4v) is 1.61. The first kappa shape index (κ1) is 17.3. The molecule has 0 aromatic rings. The van der Waals surface area contributed by atoms with Crippen molar-refractivity contribution in [3.8, 4) is 0 Å². The van der Waals surface area contributed by atoms with E-state index >= 15 is 0 Å². The molecule has 0 aliphatic carbocycles. The van der Waals surface area contributed by atoms with Gasteiger partial charge in [0.05, 0.1) is 17.6 Å². The van der Waals surface area contributed by atoms with E-state index in [2.05, 4.69) is 5.32 Å². The third-order valence-electron chi connectivity index (χ3n) is 2.70. The number of nitrogens with one attached hydrogen (secondary N) is 1. The monoisotopic (exact) mass is 275 g/mol. The average Bonchev–Trinajstić information content (AvgIpc) is 2.35. The average molecular weight is 275 g/mol. The van der Waals surface area contributed by atoms with Gasteiger partial charge >= 0.3 is 0 Å². The van der Waals surface area contributed by atoms with Crippen molar-refractivity contribution in [3.05, 3.63) is 0 Å². The van der Waals surface area contributed by atoms with E-state index in [9.17, 15) is 4.79 Å². The van der Waals surface area contributed by atoms with E-state index in [1.165, 1.54) is 0 Å². The molecule has 106 valence electrons. The highest BCUT2D eigenvalue weighted by Crippen LogP contribution is 2.01. The van der Waals surface area contributed by atoms with Crippen molar-refractivity contribution in [2.45, 2.75) is 32.7 Å². The Morgan fingerprint density at radius 1 is 1.50 bits per heavy atom. The minimum Gasteiger partial charge on any atom is -0.393 e. The third-order valence-corrected chi connectivity index (χ3v) is 2.91. The summed E-state index contributed by atoms with van der Waals surface area (Å²) in [5.74, 6) is 0.0379. The number of amides is 1. The van der Waals surface area contributed by atoms with E-state index < -0.39 is 0 Å². The summed E-state index contributed by atoms with van der Waals surface area (Å²) in [6.07, 6.45) is 1.55. The van der Waals surface area contributed by atoms with Crippen LogP contribution in [0.15, 0.2) is 0 Å². The molecule has 18 heavy (non-hydrogen) atoms. The molecule has 0 aliphatic rings. The second-order valence-electron chi connectivity index (χ2n) is 4.21. The number of nitrogens with zero attached hydrogens (tertiary/aromatic N) is 1. The number of thiocarbonyl (C=S) groups is 1. The Balaban J connectivity index is 4.31. The maximum absolute atomic E-state index is 11.9. The highest BCUT2D eigenvalue weighted by molar-refractivity contribution is 7.80. The Labute approximate surface area is 115 Å². The largest absolute Gasteiger partial charge is 0.393 e. The van der Waals surface area contributed by atoms with Crippen molar-refractivity contribution in [2.24, 2.45) is 5.73 Å². The molecule has 0 saturated carbocycles. The smallest absolute Gasteiger partial charge is 0.237 e. The second kappa shape index (κ2) is 10.2. The summed E-state index contributed by atoms with van der Waals surface area (Å²) in [5.41, 5.74) is 5.50. The SMILES string of the molecule is CCCNC(=O)C(C)N(CCOC)CCC(N)=S. The van der Waals surface area contributed by atoms with Crippen LogP contribution >= 0.6 is 12.2 Å². The normalized spacial score (nSPS) is 12.4. The van der Waals surface area contributed by atoms with Crippen molar-refractivity contribution in [1.82, 2.24) is 10.2 Å². The molecule has 1 unspecified atom stereocenters. The topological polar surface area (TPSA) is 67.6 Å². The molecule has 0 aromatic heterocycles. The maximum Gasteiger partial charge on any atom is 0.237 e. The summed E-state index contributed by atoms with van der Waals surface area (Å²) >= 11 is 4.87. The van der Waals surface area contributed by atoms with Gasteiger partial charge in [0.2, 0.25) is 5.91 Å². The summed E-state index contributed by atoms with van der Waals surface area (Å²) < 4.78 is 5.05. The van der Waals surface area contributed by atoms with Crippen LogP contribution in [0, 0.1) is 0 Å². The second-order valence-corrected chi connectivity index (χ2v) is 4.74. The molecule has 1 atom stereocenters. The molecule has 0 heterocycles. The summed E-state index contributed by atoms with van der Waals surface area (Å²) in [6.45, 7) is 6.58. The van der Waals surface area contributed by atoms with Crippen LogP contribution in [0.1, 0.15) is 26.7 Å². The molecule has 0 aliphatic heterocycles. The van der Waals surface area contributed by atoms with Gasteiger partial charge in [-0.2, -0.15) is 0 Å². The molecule has 0 spiro atoms. The highest BCUT2D eigenvalue weighted by Gasteiger charge is 2.20.